The summed E-state index contributed by atoms with van der Waals surface area (Å²) in [5.41, 5.74) is 0.685. The monoisotopic (exact) mass is 280 g/mol. The number of amides is 1. The zero-order chi connectivity index (χ0) is 15.3. The second-order valence-electron chi connectivity index (χ2n) is 5.41. The maximum atomic E-state index is 11.6. The van der Waals surface area contributed by atoms with E-state index >= 15 is 0 Å². The van der Waals surface area contributed by atoms with Gasteiger partial charge in [0.15, 0.2) is 0 Å². The lowest BCUT2D eigenvalue weighted by atomic mass is 10.2. The number of anilines is 2. The van der Waals surface area contributed by atoms with Crippen molar-refractivity contribution in [3.63, 3.8) is 0 Å². The number of ether oxygens (including phenoxy) is 1. The summed E-state index contributed by atoms with van der Waals surface area (Å²) in [6, 6.07) is 6.03. The molecule has 0 saturated carbocycles. The van der Waals surface area contributed by atoms with Crippen molar-refractivity contribution in [2.45, 2.75) is 39.3 Å². The highest BCUT2D eigenvalue weighted by Gasteiger charge is 2.16. The van der Waals surface area contributed by atoms with E-state index in [1.165, 1.54) is 0 Å². The maximum absolute atomic E-state index is 11.6. The molecule has 0 aromatic heterocycles. The van der Waals surface area contributed by atoms with Crippen molar-refractivity contribution in [2.24, 2.45) is 0 Å². The van der Waals surface area contributed by atoms with Crippen molar-refractivity contribution in [3.05, 3.63) is 24.3 Å². The van der Waals surface area contributed by atoms with Crippen LogP contribution in [0, 0.1) is 0 Å². The van der Waals surface area contributed by atoms with Gasteiger partial charge in [-0.25, -0.2) is 4.79 Å². The number of carbonyl (C=O) groups is 2. The molecule has 1 amide bonds. The Labute approximate surface area is 118 Å². The summed E-state index contributed by atoms with van der Waals surface area (Å²) < 4.78 is 5.12. The van der Waals surface area contributed by atoms with Gasteiger partial charge in [0.25, 0.3) is 0 Å². The molecule has 20 heavy (non-hydrogen) atoms. The Morgan fingerprint density at radius 2 is 1.65 bits per heavy atom. The molecule has 0 aliphatic rings. The first-order valence-corrected chi connectivity index (χ1v) is 6.27. The van der Waals surface area contributed by atoms with Crippen LogP contribution in [0.15, 0.2) is 24.3 Å². The van der Waals surface area contributed by atoms with Gasteiger partial charge in [0.1, 0.15) is 11.6 Å². The summed E-state index contributed by atoms with van der Waals surface area (Å²) in [6.45, 7) is 6.90. The average Bonchev–Trinajstić information content (AvgIpc) is 2.28. The third kappa shape index (κ3) is 5.60. The first-order chi connectivity index (χ1) is 9.17. The van der Waals surface area contributed by atoms with Crippen molar-refractivity contribution >= 4 is 23.4 Å². The van der Waals surface area contributed by atoms with Crippen LogP contribution in [0.1, 0.15) is 27.7 Å². The third-order valence-corrected chi connectivity index (χ3v) is 2.28. The van der Waals surface area contributed by atoms with Gasteiger partial charge in [-0.3, -0.25) is 10.1 Å². The number of hydrogen-bond donors (Lipinski definition) is 3. The molecular weight excluding hydrogens is 260 g/mol. The minimum atomic E-state index is -0.930. The van der Waals surface area contributed by atoms with Crippen LogP contribution in [0.5, 0.6) is 0 Å². The van der Waals surface area contributed by atoms with Crippen LogP contribution in [0.2, 0.25) is 0 Å². The fraction of sp³-hybridized carbons (Fsp3) is 0.429. The van der Waals surface area contributed by atoms with Gasteiger partial charge in [0, 0.05) is 11.4 Å². The Hall–Kier alpha value is -2.24. The van der Waals surface area contributed by atoms with Gasteiger partial charge in [-0.05, 0) is 52.0 Å². The molecule has 6 nitrogen and oxygen atoms in total. The normalized spacial score (nSPS) is 12.4. The number of carboxylic acids is 1. The fourth-order valence-electron chi connectivity index (χ4n) is 1.38. The van der Waals surface area contributed by atoms with Gasteiger partial charge >= 0.3 is 12.1 Å². The molecule has 0 aliphatic carbocycles. The second-order valence-corrected chi connectivity index (χ2v) is 5.41. The smallest absolute Gasteiger partial charge is 0.412 e. The molecule has 0 saturated heterocycles. The van der Waals surface area contributed by atoms with E-state index in [2.05, 4.69) is 10.6 Å². The zero-order valence-electron chi connectivity index (χ0n) is 12.1. The molecule has 0 spiro atoms. The molecule has 0 unspecified atom stereocenters. The molecule has 0 radical (unpaired) electrons. The van der Waals surface area contributed by atoms with Crippen molar-refractivity contribution in [1.82, 2.24) is 0 Å². The van der Waals surface area contributed by atoms with E-state index in [0.29, 0.717) is 11.4 Å². The standard InChI is InChI=1S/C14H20N2O4/c1-9(12(17)18)15-10-5-7-11(8-6-10)16-13(19)20-14(2,3)4/h5-9,15H,1-4H3,(H,16,19)(H,17,18)/t9-/m0/s1. The van der Waals surface area contributed by atoms with Gasteiger partial charge in [0.05, 0.1) is 0 Å². The zero-order valence-corrected chi connectivity index (χ0v) is 12.1. The first kappa shape index (κ1) is 15.8. The van der Waals surface area contributed by atoms with Crippen LogP contribution in [-0.4, -0.2) is 28.8 Å². The minimum absolute atomic E-state index is 0.530. The number of nitrogens with one attached hydrogen (secondary N) is 2. The van der Waals surface area contributed by atoms with E-state index in [4.69, 9.17) is 9.84 Å². The number of aliphatic carboxylic acids is 1. The minimum Gasteiger partial charge on any atom is -0.480 e. The molecule has 110 valence electrons. The molecule has 0 aliphatic heterocycles. The van der Waals surface area contributed by atoms with Gasteiger partial charge in [-0.15, -0.1) is 0 Å². The highest BCUT2D eigenvalue weighted by Crippen LogP contribution is 2.16. The Bertz CT molecular complexity index is 477. The van der Waals surface area contributed by atoms with Gasteiger partial charge in [-0.1, -0.05) is 0 Å². The molecular formula is C14H20N2O4. The number of benzene rings is 1. The van der Waals surface area contributed by atoms with Gasteiger partial charge in [-0.2, -0.15) is 0 Å². The summed E-state index contributed by atoms with van der Waals surface area (Å²) >= 11 is 0. The van der Waals surface area contributed by atoms with Crippen LogP contribution >= 0.6 is 0 Å². The average molecular weight is 280 g/mol. The van der Waals surface area contributed by atoms with Crippen LogP contribution in [-0.2, 0) is 9.53 Å². The Morgan fingerprint density at radius 1 is 1.15 bits per heavy atom. The highest BCUT2D eigenvalue weighted by molar-refractivity contribution is 5.85. The fourth-order valence-corrected chi connectivity index (χ4v) is 1.38. The van der Waals surface area contributed by atoms with E-state index in [1.807, 2.05) is 0 Å². The van der Waals surface area contributed by atoms with Crippen molar-refractivity contribution in [3.8, 4) is 0 Å². The van der Waals surface area contributed by atoms with Crippen LogP contribution < -0.4 is 10.6 Å². The van der Waals surface area contributed by atoms with E-state index in [-0.39, 0.29) is 0 Å². The summed E-state index contributed by atoms with van der Waals surface area (Å²) in [5.74, 6) is -0.930. The molecule has 1 rings (SSSR count). The second kappa shape index (κ2) is 6.27. The van der Waals surface area contributed by atoms with E-state index in [1.54, 1.807) is 52.0 Å². The quantitative estimate of drug-likeness (QED) is 0.789. The summed E-state index contributed by atoms with van der Waals surface area (Å²) in [4.78, 5) is 22.3. The molecule has 3 N–H and O–H groups in total. The highest BCUT2D eigenvalue weighted by atomic mass is 16.6. The van der Waals surface area contributed by atoms with Crippen LogP contribution in [0.4, 0.5) is 16.2 Å². The lowest BCUT2D eigenvalue weighted by molar-refractivity contribution is -0.137. The molecule has 1 aromatic rings. The molecule has 0 bridgehead atoms. The Balaban J connectivity index is 2.59. The molecule has 0 heterocycles. The first-order valence-electron chi connectivity index (χ1n) is 6.27. The lowest BCUT2D eigenvalue weighted by Gasteiger charge is -2.19. The molecule has 1 aromatic carbocycles. The summed E-state index contributed by atoms with van der Waals surface area (Å²) in [7, 11) is 0. The summed E-state index contributed by atoms with van der Waals surface area (Å²) in [5, 5.41) is 14.2. The number of carbonyl (C=O) groups excluding carboxylic acids is 1. The number of rotatable bonds is 4. The predicted octanol–water partition coefficient (Wildman–Crippen LogP) is 2.92. The predicted molar refractivity (Wildman–Crippen MR) is 77.0 cm³/mol. The van der Waals surface area contributed by atoms with E-state index in [0.717, 1.165) is 0 Å². The number of carboxylic acid groups (broad SMARTS) is 1. The van der Waals surface area contributed by atoms with Crippen molar-refractivity contribution in [1.29, 1.82) is 0 Å². The third-order valence-electron chi connectivity index (χ3n) is 2.28. The van der Waals surface area contributed by atoms with E-state index in [9.17, 15) is 9.59 Å². The van der Waals surface area contributed by atoms with Crippen molar-refractivity contribution in [2.75, 3.05) is 10.6 Å². The molecule has 6 heteroatoms. The largest absolute Gasteiger partial charge is 0.480 e. The Kier molecular flexibility index (Phi) is 4.96. The molecule has 0 fully saturated rings. The SMILES string of the molecule is C[C@H](Nc1ccc(NC(=O)OC(C)(C)C)cc1)C(=O)O. The van der Waals surface area contributed by atoms with E-state index < -0.39 is 23.7 Å². The topological polar surface area (TPSA) is 87.7 Å². The maximum Gasteiger partial charge on any atom is 0.412 e. The van der Waals surface area contributed by atoms with Crippen LogP contribution in [0.25, 0.3) is 0 Å². The Morgan fingerprint density at radius 3 is 2.10 bits per heavy atom. The van der Waals surface area contributed by atoms with Gasteiger partial charge in [0.2, 0.25) is 0 Å². The molecule has 1 atom stereocenters. The lowest BCUT2D eigenvalue weighted by Crippen LogP contribution is -2.27. The van der Waals surface area contributed by atoms with Crippen molar-refractivity contribution < 1.29 is 19.4 Å². The number of hydrogen-bond acceptors (Lipinski definition) is 4. The van der Waals surface area contributed by atoms with Crippen LogP contribution in [0.3, 0.4) is 0 Å². The van der Waals surface area contributed by atoms with Gasteiger partial charge < -0.3 is 15.2 Å². The summed E-state index contributed by atoms with van der Waals surface area (Å²) in [6.07, 6.45) is -0.530.